The van der Waals surface area contributed by atoms with Gasteiger partial charge >= 0.3 is 6.09 Å². The van der Waals surface area contributed by atoms with Crippen molar-refractivity contribution in [3.8, 4) is 11.5 Å². The molecule has 2 amide bonds. The molecule has 0 aromatic heterocycles. The van der Waals surface area contributed by atoms with E-state index < -0.39 is 6.09 Å². The molecule has 0 heterocycles. The number of amides is 2. The van der Waals surface area contributed by atoms with E-state index >= 15 is 0 Å². The smallest absolute Gasteiger partial charge is 0.412 e. The summed E-state index contributed by atoms with van der Waals surface area (Å²) in [6, 6.07) is 16.4. The molecule has 25 heavy (non-hydrogen) atoms. The molecule has 0 radical (unpaired) electrons. The van der Waals surface area contributed by atoms with Gasteiger partial charge in [0, 0.05) is 13.1 Å². The van der Waals surface area contributed by atoms with Crippen molar-refractivity contribution in [3.05, 3.63) is 60.2 Å². The first-order chi connectivity index (χ1) is 12.2. The lowest BCUT2D eigenvalue weighted by atomic mass is 10.1. The van der Waals surface area contributed by atoms with Crippen molar-refractivity contribution in [2.45, 2.75) is 13.3 Å². The number of benzene rings is 2. The van der Waals surface area contributed by atoms with Crippen LogP contribution in [0.25, 0.3) is 0 Å². The van der Waals surface area contributed by atoms with Crippen molar-refractivity contribution < 1.29 is 19.1 Å². The summed E-state index contributed by atoms with van der Waals surface area (Å²) < 4.78 is 10.6. The van der Waals surface area contributed by atoms with E-state index in [1.165, 1.54) is 0 Å². The predicted molar refractivity (Wildman–Crippen MR) is 94.8 cm³/mol. The van der Waals surface area contributed by atoms with E-state index in [9.17, 15) is 9.59 Å². The molecule has 0 saturated heterocycles. The summed E-state index contributed by atoms with van der Waals surface area (Å²) in [5.74, 6) is 0.931. The Bertz CT molecular complexity index is 689. The lowest BCUT2D eigenvalue weighted by molar-refractivity contribution is -0.123. The molecular formula is C19H22N2O4. The SMILES string of the molecule is CCc1ccccc1OCC(=O)NCCNC(=O)Oc1ccccc1. The highest BCUT2D eigenvalue weighted by atomic mass is 16.6. The molecule has 0 fully saturated rings. The number of aryl methyl sites for hydroxylation is 1. The molecule has 2 rings (SSSR count). The Balaban J connectivity index is 1.61. The van der Waals surface area contributed by atoms with Crippen molar-refractivity contribution >= 4 is 12.0 Å². The molecule has 2 aromatic rings. The third-order valence-corrected chi connectivity index (χ3v) is 3.38. The molecule has 6 nitrogen and oxygen atoms in total. The molecule has 2 aromatic carbocycles. The van der Waals surface area contributed by atoms with Crippen LogP contribution in [0.2, 0.25) is 0 Å². The number of hydrogen-bond acceptors (Lipinski definition) is 4. The lowest BCUT2D eigenvalue weighted by Crippen LogP contribution is -2.37. The Morgan fingerprint density at radius 2 is 1.60 bits per heavy atom. The van der Waals surface area contributed by atoms with Crippen LogP contribution < -0.4 is 20.1 Å². The maximum absolute atomic E-state index is 11.8. The second kappa shape index (κ2) is 9.97. The van der Waals surface area contributed by atoms with Gasteiger partial charge in [-0.05, 0) is 30.2 Å². The molecule has 0 unspecified atom stereocenters. The minimum atomic E-state index is -0.562. The van der Waals surface area contributed by atoms with Gasteiger partial charge in [0.05, 0.1) is 0 Å². The molecular weight excluding hydrogens is 320 g/mol. The average Bonchev–Trinajstić information content (AvgIpc) is 2.64. The zero-order valence-corrected chi connectivity index (χ0v) is 14.2. The Morgan fingerprint density at radius 1 is 0.920 bits per heavy atom. The van der Waals surface area contributed by atoms with Crippen molar-refractivity contribution in [1.82, 2.24) is 10.6 Å². The first kappa shape index (κ1) is 18.3. The van der Waals surface area contributed by atoms with Gasteiger partial charge in [-0.2, -0.15) is 0 Å². The third-order valence-electron chi connectivity index (χ3n) is 3.38. The van der Waals surface area contributed by atoms with Crippen LogP contribution in [0.4, 0.5) is 4.79 Å². The monoisotopic (exact) mass is 342 g/mol. The fourth-order valence-corrected chi connectivity index (χ4v) is 2.13. The first-order valence-electron chi connectivity index (χ1n) is 8.17. The zero-order valence-electron chi connectivity index (χ0n) is 14.2. The normalized spacial score (nSPS) is 9.96. The molecule has 0 aliphatic heterocycles. The number of rotatable bonds is 8. The molecule has 6 heteroatoms. The fourth-order valence-electron chi connectivity index (χ4n) is 2.13. The van der Waals surface area contributed by atoms with Crippen LogP contribution in [-0.2, 0) is 11.2 Å². The molecule has 2 N–H and O–H groups in total. The summed E-state index contributed by atoms with van der Waals surface area (Å²) in [6.45, 7) is 2.53. The number of ether oxygens (including phenoxy) is 2. The number of carbonyl (C=O) groups excluding carboxylic acids is 2. The maximum atomic E-state index is 11.8. The minimum absolute atomic E-state index is 0.0640. The summed E-state index contributed by atoms with van der Waals surface area (Å²) in [5.41, 5.74) is 1.06. The van der Waals surface area contributed by atoms with Crippen molar-refractivity contribution in [2.24, 2.45) is 0 Å². The van der Waals surface area contributed by atoms with E-state index in [1.807, 2.05) is 37.3 Å². The van der Waals surface area contributed by atoms with Crippen LogP contribution in [-0.4, -0.2) is 31.7 Å². The van der Waals surface area contributed by atoms with E-state index in [4.69, 9.17) is 9.47 Å². The van der Waals surface area contributed by atoms with Gasteiger partial charge in [0.2, 0.25) is 0 Å². The van der Waals surface area contributed by atoms with E-state index in [0.717, 1.165) is 12.0 Å². The summed E-state index contributed by atoms with van der Waals surface area (Å²) >= 11 is 0. The van der Waals surface area contributed by atoms with Crippen LogP contribution in [0.5, 0.6) is 11.5 Å². The van der Waals surface area contributed by atoms with Gasteiger partial charge in [0.25, 0.3) is 5.91 Å². The second-order valence-electron chi connectivity index (χ2n) is 5.23. The molecule has 0 aliphatic carbocycles. The van der Waals surface area contributed by atoms with Crippen LogP contribution in [0.15, 0.2) is 54.6 Å². The van der Waals surface area contributed by atoms with Crippen molar-refractivity contribution in [1.29, 1.82) is 0 Å². The fraction of sp³-hybridized carbons (Fsp3) is 0.263. The van der Waals surface area contributed by atoms with Crippen LogP contribution in [0, 0.1) is 0 Å². The summed E-state index contributed by atoms with van der Waals surface area (Å²) in [5, 5.41) is 5.24. The number of carbonyl (C=O) groups is 2. The van der Waals surface area contributed by atoms with Crippen LogP contribution >= 0.6 is 0 Å². The topological polar surface area (TPSA) is 76.7 Å². The summed E-state index contributed by atoms with van der Waals surface area (Å²) in [7, 11) is 0. The molecule has 0 spiro atoms. The maximum Gasteiger partial charge on any atom is 0.412 e. The second-order valence-corrected chi connectivity index (χ2v) is 5.23. The average molecular weight is 342 g/mol. The molecule has 132 valence electrons. The Hall–Kier alpha value is -3.02. The Kier molecular flexibility index (Phi) is 7.31. The number of para-hydroxylation sites is 2. The quantitative estimate of drug-likeness (QED) is 0.723. The van der Waals surface area contributed by atoms with E-state index in [0.29, 0.717) is 18.0 Å². The van der Waals surface area contributed by atoms with Gasteiger partial charge in [-0.15, -0.1) is 0 Å². The van der Waals surface area contributed by atoms with Gasteiger partial charge in [-0.1, -0.05) is 43.3 Å². The number of nitrogens with one attached hydrogen (secondary N) is 2. The van der Waals surface area contributed by atoms with Gasteiger partial charge in [0.1, 0.15) is 11.5 Å². The van der Waals surface area contributed by atoms with Gasteiger partial charge < -0.3 is 20.1 Å². The highest BCUT2D eigenvalue weighted by Gasteiger charge is 2.06. The highest BCUT2D eigenvalue weighted by molar-refractivity contribution is 5.77. The molecule has 0 bridgehead atoms. The lowest BCUT2D eigenvalue weighted by Gasteiger charge is -2.11. The van der Waals surface area contributed by atoms with Crippen LogP contribution in [0.1, 0.15) is 12.5 Å². The highest BCUT2D eigenvalue weighted by Crippen LogP contribution is 2.17. The van der Waals surface area contributed by atoms with Gasteiger partial charge in [-0.25, -0.2) is 4.79 Å². The predicted octanol–water partition coefficient (Wildman–Crippen LogP) is 2.53. The molecule has 0 aliphatic rings. The Labute approximate surface area is 147 Å². The number of hydrogen-bond donors (Lipinski definition) is 2. The van der Waals surface area contributed by atoms with E-state index in [-0.39, 0.29) is 19.1 Å². The largest absolute Gasteiger partial charge is 0.483 e. The zero-order chi connectivity index (χ0) is 17.9. The minimum Gasteiger partial charge on any atom is -0.483 e. The Morgan fingerprint density at radius 3 is 2.36 bits per heavy atom. The van der Waals surface area contributed by atoms with E-state index in [1.54, 1.807) is 24.3 Å². The van der Waals surface area contributed by atoms with Gasteiger partial charge in [-0.3, -0.25) is 4.79 Å². The molecule has 0 atom stereocenters. The van der Waals surface area contributed by atoms with Crippen LogP contribution in [0.3, 0.4) is 0 Å². The van der Waals surface area contributed by atoms with Crippen molar-refractivity contribution in [2.75, 3.05) is 19.7 Å². The summed E-state index contributed by atoms with van der Waals surface area (Å²) in [6.07, 6.45) is 0.277. The van der Waals surface area contributed by atoms with E-state index in [2.05, 4.69) is 10.6 Å². The van der Waals surface area contributed by atoms with Gasteiger partial charge in [0.15, 0.2) is 6.61 Å². The molecule has 0 saturated carbocycles. The standard InChI is InChI=1S/C19H22N2O4/c1-2-15-8-6-7-11-17(15)24-14-18(22)20-12-13-21-19(23)25-16-9-4-3-5-10-16/h3-11H,2,12-14H2,1H3,(H,20,22)(H,21,23). The third kappa shape index (κ3) is 6.55. The van der Waals surface area contributed by atoms with Crippen molar-refractivity contribution in [3.63, 3.8) is 0 Å². The summed E-state index contributed by atoms with van der Waals surface area (Å²) in [4.78, 5) is 23.3. The first-order valence-corrected chi connectivity index (χ1v) is 8.17.